The molecule has 0 bridgehead atoms. The van der Waals surface area contributed by atoms with E-state index in [4.69, 9.17) is 5.11 Å². The number of aliphatic hydroxyl groups excluding tert-OH is 1. The Hall–Kier alpha value is -1.36. The normalized spacial score (nSPS) is 12.6. The van der Waals surface area contributed by atoms with Gasteiger partial charge in [-0.05, 0) is 12.3 Å². The number of nitrogens with one attached hydrogen (secondary N) is 2. The summed E-state index contributed by atoms with van der Waals surface area (Å²) in [5.41, 5.74) is 0. The minimum absolute atomic E-state index is 0.180. The van der Waals surface area contributed by atoms with Gasteiger partial charge in [-0.3, -0.25) is 0 Å². The van der Waals surface area contributed by atoms with Crippen LogP contribution in [0.5, 0.6) is 0 Å². The summed E-state index contributed by atoms with van der Waals surface area (Å²) in [5.74, 6) is 2.01. The largest absolute Gasteiger partial charge is 0.396 e. The van der Waals surface area contributed by atoms with Gasteiger partial charge in [0.2, 0.25) is 0 Å². The molecule has 1 aromatic rings. The molecule has 16 heavy (non-hydrogen) atoms. The number of aliphatic hydroxyl groups is 1. The molecule has 1 heterocycles. The van der Waals surface area contributed by atoms with Gasteiger partial charge in [0, 0.05) is 25.8 Å². The van der Waals surface area contributed by atoms with E-state index in [2.05, 4.69) is 34.4 Å². The maximum atomic E-state index is 8.98. The number of rotatable bonds is 6. The molecule has 0 aliphatic carbocycles. The molecule has 5 nitrogen and oxygen atoms in total. The van der Waals surface area contributed by atoms with Gasteiger partial charge >= 0.3 is 0 Å². The van der Waals surface area contributed by atoms with E-state index in [9.17, 15) is 0 Å². The van der Waals surface area contributed by atoms with Crippen molar-refractivity contribution in [2.75, 3.05) is 24.3 Å². The third-order valence-electron chi connectivity index (χ3n) is 2.50. The molecular formula is C11H20N4O. The van der Waals surface area contributed by atoms with Gasteiger partial charge in [-0.1, -0.05) is 13.8 Å². The summed E-state index contributed by atoms with van der Waals surface area (Å²) in [6.07, 6.45) is 2.24. The highest BCUT2D eigenvalue weighted by Crippen LogP contribution is 2.14. The highest BCUT2D eigenvalue weighted by atomic mass is 16.3. The van der Waals surface area contributed by atoms with E-state index in [1.807, 2.05) is 13.1 Å². The zero-order valence-corrected chi connectivity index (χ0v) is 10.1. The summed E-state index contributed by atoms with van der Waals surface area (Å²) in [4.78, 5) is 8.19. The van der Waals surface area contributed by atoms with Crippen molar-refractivity contribution in [1.29, 1.82) is 0 Å². The van der Waals surface area contributed by atoms with Crippen molar-refractivity contribution in [3.8, 4) is 0 Å². The van der Waals surface area contributed by atoms with Crippen LogP contribution in [0.2, 0.25) is 0 Å². The highest BCUT2D eigenvalue weighted by molar-refractivity contribution is 5.46. The zero-order chi connectivity index (χ0) is 12.0. The van der Waals surface area contributed by atoms with E-state index in [1.54, 1.807) is 0 Å². The van der Waals surface area contributed by atoms with Crippen molar-refractivity contribution in [3.63, 3.8) is 0 Å². The Kier molecular flexibility index (Phi) is 4.98. The molecule has 1 rings (SSSR count). The fourth-order valence-electron chi connectivity index (χ4n) is 1.47. The maximum absolute atomic E-state index is 8.98. The predicted octanol–water partition coefficient (Wildman–Crippen LogP) is 1.34. The average molecular weight is 224 g/mol. The Morgan fingerprint density at radius 3 is 2.56 bits per heavy atom. The first kappa shape index (κ1) is 12.7. The molecule has 1 aromatic heterocycles. The van der Waals surface area contributed by atoms with Crippen LogP contribution in [-0.4, -0.2) is 34.8 Å². The summed E-state index contributed by atoms with van der Waals surface area (Å²) in [5, 5.41) is 15.2. The van der Waals surface area contributed by atoms with Crippen molar-refractivity contribution in [1.82, 2.24) is 9.97 Å². The van der Waals surface area contributed by atoms with Gasteiger partial charge in [0.05, 0.1) is 0 Å². The molecule has 0 radical (unpaired) electrons. The lowest BCUT2D eigenvalue weighted by atomic mass is 10.0. The highest BCUT2D eigenvalue weighted by Gasteiger charge is 2.13. The van der Waals surface area contributed by atoms with Crippen molar-refractivity contribution in [2.24, 2.45) is 5.92 Å². The quantitative estimate of drug-likeness (QED) is 0.680. The third-order valence-corrected chi connectivity index (χ3v) is 2.50. The van der Waals surface area contributed by atoms with Crippen molar-refractivity contribution in [2.45, 2.75) is 26.3 Å². The second kappa shape index (κ2) is 6.27. The van der Waals surface area contributed by atoms with E-state index < -0.39 is 0 Å². The number of anilines is 2. The zero-order valence-electron chi connectivity index (χ0n) is 10.1. The molecule has 90 valence electrons. The van der Waals surface area contributed by atoms with Crippen LogP contribution in [0.15, 0.2) is 12.4 Å². The fraction of sp³-hybridized carbons (Fsp3) is 0.636. The number of aromatic nitrogens is 2. The Labute approximate surface area is 96.3 Å². The molecule has 0 aliphatic heterocycles. The van der Waals surface area contributed by atoms with Gasteiger partial charge in [-0.15, -0.1) is 0 Å². The Morgan fingerprint density at radius 2 is 2.00 bits per heavy atom. The molecule has 0 saturated carbocycles. The van der Waals surface area contributed by atoms with Crippen LogP contribution in [-0.2, 0) is 0 Å². The lowest BCUT2D eigenvalue weighted by Gasteiger charge is -2.22. The molecule has 5 heteroatoms. The summed E-state index contributed by atoms with van der Waals surface area (Å²) >= 11 is 0. The summed E-state index contributed by atoms with van der Waals surface area (Å²) < 4.78 is 0. The van der Waals surface area contributed by atoms with Crippen molar-refractivity contribution >= 4 is 11.6 Å². The van der Waals surface area contributed by atoms with Gasteiger partial charge < -0.3 is 15.7 Å². The van der Waals surface area contributed by atoms with Gasteiger partial charge in [0.1, 0.15) is 18.0 Å². The molecule has 1 unspecified atom stereocenters. The predicted molar refractivity (Wildman–Crippen MR) is 65.5 cm³/mol. The van der Waals surface area contributed by atoms with Crippen molar-refractivity contribution in [3.05, 3.63) is 12.4 Å². The van der Waals surface area contributed by atoms with Crippen LogP contribution < -0.4 is 10.6 Å². The van der Waals surface area contributed by atoms with E-state index in [0.717, 1.165) is 18.1 Å². The lowest BCUT2D eigenvalue weighted by Crippen LogP contribution is -2.27. The van der Waals surface area contributed by atoms with Crippen LogP contribution in [0, 0.1) is 5.92 Å². The summed E-state index contributed by atoms with van der Waals surface area (Å²) in [6.45, 7) is 4.42. The third kappa shape index (κ3) is 3.66. The second-order valence-corrected chi connectivity index (χ2v) is 4.05. The molecule has 0 aromatic carbocycles. The molecule has 0 amide bonds. The van der Waals surface area contributed by atoms with Crippen LogP contribution in [0.25, 0.3) is 0 Å². The molecule has 3 N–H and O–H groups in total. The van der Waals surface area contributed by atoms with Crippen LogP contribution in [0.4, 0.5) is 11.6 Å². The molecule has 1 atom stereocenters. The van der Waals surface area contributed by atoms with Crippen LogP contribution in [0.1, 0.15) is 20.3 Å². The molecule has 0 fully saturated rings. The standard InChI is InChI=1S/C11H20N4O/c1-8(2)9(4-5-16)15-11-6-10(12-3)13-7-14-11/h6-9,16H,4-5H2,1-3H3,(H2,12,13,14,15). The molecule has 0 spiro atoms. The number of hydrogen-bond acceptors (Lipinski definition) is 5. The Morgan fingerprint density at radius 1 is 1.31 bits per heavy atom. The number of nitrogens with zero attached hydrogens (tertiary/aromatic N) is 2. The minimum atomic E-state index is 0.180. The number of hydrogen-bond donors (Lipinski definition) is 3. The van der Waals surface area contributed by atoms with Crippen molar-refractivity contribution < 1.29 is 5.11 Å². The second-order valence-electron chi connectivity index (χ2n) is 4.05. The van der Waals surface area contributed by atoms with Gasteiger partial charge in [-0.25, -0.2) is 9.97 Å². The average Bonchev–Trinajstić information content (AvgIpc) is 2.28. The summed E-state index contributed by atoms with van der Waals surface area (Å²) in [6, 6.07) is 2.08. The summed E-state index contributed by atoms with van der Waals surface area (Å²) in [7, 11) is 1.82. The van der Waals surface area contributed by atoms with E-state index in [1.165, 1.54) is 6.33 Å². The first-order chi connectivity index (χ1) is 7.67. The molecule has 0 aliphatic rings. The van der Waals surface area contributed by atoms with E-state index in [0.29, 0.717) is 5.92 Å². The first-order valence-corrected chi connectivity index (χ1v) is 5.54. The van der Waals surface area contributed by atoms with Gasteiger partial charge in [0.25, 0.3) is 0 Å². The van der Waals surface area contributed by atoms with Crippen LogP contribution in [0.3, 0.4) is 0 Å². The minimum Gasteiger partial charge on any atom is -0.396 e. The molecular weight excluding hydrogens is 204 g/mol. The Balaban J connectivity index is 2.68. The molecule has 0 saturated heterocycles. The first-order valence-electron chi connectivity index (χ1n) is 5.54. The maximum Gasteiger partial charge on any atom is 0.131 e. The van der Waals surface area contributed by atoms with Crippen LogP contribution >= 0.6 is 0 Å². The Bertz CT molecular complexity index is 317. The smallest absolute Gasteiger partial charge is 0.131 e. The van der Waals surface area contributed by atoms with E-state index in [-0.39, 0.29) is 12.6 Å². The SMILES string of the molecule is CNc1cc(NC(CCO)C(C)C)ncn1. The monoisotopic (exact) mass is 224 g/mol. The van der Waals surface area contributed by atoms with Gasteiger partial charge in [0.15, 0.2) is 0 Å². The van der Waals surface area contributed by atoms with Gasteiger partial charge in [-0.2, -0.15) is 0 Å². The topological polar surface area (TPSA) is 70.1 Å². The van der Waals surface area contributed by atoms with E-state index >= 15 is 0 Å². The fourth-order valence-corrected chi connectivity index (χ4v) is 1.47. The lowest BCUT2D eigenvalue weighted by molar-refractivity contribution is 0.267.